The van der Waals surface area contributed by atoms with Gasteiger partial charge in [0, 0.05) is 0 Å². The molecule has 2 rings (SSSR count). The average Bonchev–Trinajstić information content (AvgIpc) is 2.76. The third-order valence-corrected chi connectivity index (χ3v) is 5.10. The predicted molar refractivity (Wildman–Crippen MR) is 75.1 cm³/mol. The van der Waals surface area contributed by atoms with Crippen LogP contribution in [0.15, 0.2) is 28.6 Å². The number of benzene rings is 1. The van der Waals surface area contributed by atoms with Crippen LogP contribution in [-0.2, 0) is 10.0 Å². The standard InChI is InChI=1S/C11H13N3O3S2/c1-7-13-6-11(18-7)19(15,16)14-8-3-4-10(17-2)9(12)5-8/h3-6,14H,12H2,1-2H3. The number of hydrogen-bond donors (Lipinski definition) is 2. The lowest BCUT2D eigenvalue weighted by Crippen LogP contribution is -2.11. The highest BCUT2D eigenvalue weighted by Gasteiger charge is 2.17. The van der Waals surface area contributed by atoms with Gasteiger partial charge in [0.2, 0.25) is 0 Å². The topological polar surface area (TPSA) is 94.3 Å². The lowest BCUT2D eigenvalue weighted by Gasteiger charge is -2.09. The Labute approximate surface area is 115 Å². The number of nitrogens with zero attached hydrogens (tertiary/aromatic N) is 1. The third-order valence-electron chi connectivity index (χ3n) is 2.35. The number of anilines is 2. The van der Waals surface area contributed by atoms with Gasteiger partial charge in [-0.3, -0.25) is 4.72 Å². The zero-order chi connectivity index (χ0) is 14.0. The summed E-state index contributed by atoms with van der Waals surface area (Å²) in [6.07, 6.45) is 1.33. The average molecular weight is 299 g/mol. The number of aryl methyl sites for hydroxylation is 1. The van der Waals surface area contributed by atoms with E-state index in [0.717, 1.165) is 11.3 Å². The van der Waals surface area contributed by atoms with Gasteiger partial charge in [0.15, 0.2) is 4.21 Å². The Morgan fingerprint density at radius 2 is 2.16 bits per heavy atom. The number of hydrogen-bond acceptors (Lipinski definition) is 6. The van der Waals surface area contributed by atoms with E-state index >= 15 is 0 Å². The second-order valence-electron chi connectivity index (χ2n) is 3.76. The van der Waals surface area contributed by atoms with E-state index in [2.05, 4.69) is 9.71 Å². The Bertz CT molecular complexity index is 695. The summed E-state index contributed by atoms with van der Waals surface area (Å²) in [4.78, 5) is 3.92. The summed E-state index contributed by atoms with van der Waals surface area (Å²) < 4.78 is 31.8. The molecule has 0 fully saturated rings. The van der Waals surface area contributed by atoms with Gasteiger partial charge < -0.3 is 10.5 Å². The number of nitrogens with two attached hydrogens (primary N) is 1. The fourth-order valence-electron chi connectivity index (χ4n) is 1.47. The molecule has 0 radical (unpaired) electrons. The molecule has 0 unspecified atom stereocenters. The van der Waals surface area contributed by atoms with Crippen molar-refractivity contribution in [3.05, 3.63) is 29.4 Å². The molecule has 0 saturated carbocycles. The summed E-state index contributed by atoms with van der Waals surface area (Å²) >= 11 is 1.11. The van der Waals surface area contributed by atoms with Gasteiger partial charge in [0.05, 0.1) is 29.7 Å². The molecule has 1 aromatic carbocycles. The number of rotatable bonds is 4. The van der Waals surface area contributed by atoms with E-state index in [-0.39, 0.29) is 4.21 Å². The van der Waals surface area contributed by atoms with E-state index < -0.39 is 10.0 Å². The largest absolute Gasteiger partial charge is 0.495 e. The van der Waals surface area contributed by atoms with Crippen LogP contribution >= 0.6 is 11.3 Å². The maximum absolute atomic E-state index is 12.1. The fraction of sp³-hybridized carbons (Fsp3) is 0.182. The first kappa shape index (κ1) is 13.6. The minimum absolute atomic E-state index is 0.166. The maximum Gasteiger partial charge on any atom is 0.273 e. The Hall–Kier alpha value is -1.80. The molecule has 0 aliphatic carbocycles. The first-order valence-corrected chi connectivity index (χ1v) is 7.61. The summed E-state index contributed by atoms with van der Waals surface area (Å²) in [5.41, 5.74) is 6.47. The number of ether oxygens (including phenoxy) is 1. The van der Waals surface area contributed by atoms with Gasteiger partial charge in [-0.15, -0.1) is 11.3 Å². The molecule has 0 atom stereocenters. The molecular formula is C11H13N3O3S2. The highest BCUT2D eigenvalue weighted by molar-refractivity contribution is 7.94. The van der Waals surface area contributed by atoms with Crippen LogP contribution in [0.2, 0.25) is 0 Å². The van der Waals surface area contributed by atoms with Crippen molar-refractivity contribution in [2.24, 2.45) is 0 Å². The number of nitrogen functional groups attached to an aromatic ring is 1. The van der Waals surface area contributed by atoms with Gasteiger partial charge in [-0.05, 0) is 25.1 Å². The van der Waals surface area contributed by atoms with Crippen LogP contribution in [0.5, 0.6) is 5.75 Å². The Morgan fingerprint density at radius 1 is 1.42 bits per heavy atom. The van der Waals surface area contributed by atoms with Gasteiger partial charge in [0.1, 0.15) is 5.75 Å². The quantitative estimate of drug-likeness (QED) is 0.840. The lowest BCUT2D eigenvalue weighted by atomic mass is 10.2. The van der Waals surface area contributed by atoms with E-state index in [1.54, 1.807) is 19.1 Å². The molecule has 0 saturated heterocycles. The Kier molecular flexibility index (Phi) is 3.63. The first-order valence-electron chi connectivity index (χ1n) is 5.31. The molecule has 0 spiro atoms. The summed E-state index contributed by atoms with van der Waals surface area (Å²) in [5, 5.41) is 0.689. The molecule has 102 valence electrons. The highest BCUT2D eigenvalue weighted by atomic mass is 32.2. The summed E-state index contributed by atoms with van der Waals surface area (Å²) in [5.74, 6) is 0.497. The van der Waals surface area contributed by atoms with Crippen molar-refractivity contribution in [3.63, 3.8) is 0 Å². The van der Waals surface area contributed by atoms with Gasteiger partial charge >= 0.3 is 0 Å². The fourth-order valence-corrected chi connectivity index (χ4v) is 3.63. The first-order chi connectivity index (χ1) is 8.92. The minimum atomic E-state index is -3.62. The van der Waals surface area contributed by atoms with E-state index in [9.17, 15) is 8.42 Å². The van der Waals surface area contributed by atoms with Crippen LogP contribution in [0.3, 0.4) is 0 Å². The monoisotopic (exact) mass is 299 g/mol. The van der Waals surface area contributed by atoms with Crippen LogP contribution in [0.4, 0.5) is 11.4 Å². The Balaban J connectivity index is 2.28. The second kappa shape index (κ2) is 5.06. The van der Waals surface area contributed by atoms with Crippen molar-refractivity contribution in [2.45, 2.75) is 11.1 Å². The summed E-state index contributed by atoms with van der Waals surface area (Å²) in [7, 11) is -2.12. The number of thiazole rings is 1. The van der Waals surface area contributed by atoms with Crippen molar-refractivity contribution in [1.29, 1.82) is 0 Å². The molecule has 0 aliphatic heterocycles. The van der Waals surface area contributed by atoms with Crippen LogP contribution in [0, 0.1) is 6.92 Å². The zero-order valence-corrected chi connectivity index (χ0v) is 12.0. The molecule has 1 aromatic heterocycles. The zero-order valence-electron chi connectivity index (χ0n) is 10.4. The van der Waals surface area contributed by atoms with Gasteiger partial charge in [-0.25, -0.2) is 13.4 Å². The smallest absolute Gasteiger partial charge is 0.273 e. The molecule has 8 heteroatoms. The number of methoxy groups -OCH3 is 1. The van der Waals surface area contributed by atoms with Gasteiger partial charge in [-0.1, -0.05) is 0 Å². The molecule has 0 aliphatic rings. The van der Waals surface area contributed by atoms with Crippen molar-refractivity contribution >= 4 is 32.7 Å². The minimum Gasteiger partial charge on any atom is -0.495 e. The molecule has 6 nitrogen and oxygen atoms in total. The van der Waals surface area contributed by atoms with Gasteiger partial charge in [0.25, 0.3) is 10.0 Å². The molecule has 19 heavy (non-hydrogen) atoms. The van der Waals surface area contributed by atoms with E-state index in [1.807, 2.05) is 0 Å². The highest BCUT2D eigenvalue weighted by Crippen LogP contribution is 2.27. The van der Waals surface area contributed by atoms with Gasteiger partial charge in [-0.2, -0.15) is 0 Å². The second-order valence-corrected chi connectivity index (χ2v) is 6.90. The summed E-state index contributed by atoms with van der Waals surface area (Å²) in [6, 6.07) is 4.69. The van der Waals surface area contributed by atoms with E-state index in [1.165, 1.54) is 19.4 Å². The lowest BCUT2D eigenvalue weighted by molar-refractivity contribution is 0.417. The third kappa shape index (κ3) is 2.96. The molecule has 0 bridgehead atoms. The van der Waals surface area contributed by atoms with E-state index in [0.29, 0.717) is 22.1 Å². The molecule has 0 amide bonds. The number of aromatic nitrogens is 1. The molecule has 1 heterocycles. The van der Waals surface area contributed by atoms with Crippen molar-refractivity contribution in [3.8, 4) is 5.75 Å². The van der Waals surface area contributed by atoms with E-state index in [4.69, 9.17) is 10.5 Å². The van der Waals surface area contributed by atoms with Crippen LogP contribution in [0.25, 0.3) is 0 Å². The molecule has 2 aromatic rings. The van der Waals surface area contributed by atoms with Crippen LogP contribution in [0.1, 0.15) is 5.01 Å². The SMILES string of the molecule is COc1ccc(NS(=O)(=O)c2cnc(C)s2)cc1N. The summed E-state index contributed by atoms with van der Waals surface area (Å²) in [6.45, 7) is 1.75. The molecular weight excluding hydrogens is 286 g/mol. The number of sulfonamides is 1. The normalized spacial score (nSPS) is 11.3. The molecule has 3 N–H and O–H groups in total. The Morgan fingerprint density at radius 3 is 2.68 bits per heavy atom. The maximum atomic E-state index is 12.1. The van der Waals surface area contributed by atoms with Crippen molar-refractivity contribution in [2.75, 3.05) is 17.6 Å². The van der Waals surface area contributed by atoms with Crippen molar-refractivity contribution < 1.29 is 13.2 Å². The van der Waals surface area contributed by atoms with Crippen LogP contribution in [-0.4, -0.2) is 20.5 Å². The number of nitrogens with one attached hydrogen (secondary N) is 1. The van der Waals surface area contributed by atoms with Crippen LogP contribution < -0.4 is 15.2 Å². The predicted octanol–water partition coefficient (Wildman–Crippen LogP) is 1.84. The van der Waals surface area contributed by atoms with Crippen molar-refractivity contribution in [1.82, 2.24) is 4.98 Å².